The topological polar surface area (TPSA) is 51.8 Å². The summed E-state index contributed by atoms with van der Waals surface area (Å²) in [4.78, 5) is 13.8. The Hall–Kier alpha value is -3.70. The van der Waals surface area contributed by atoms with Gasteiger partial charge in [-0.2, -0.15) is 0 Å². The molecular formula is C35H29IrN3OS-2. The van der Waals surface area contributed by atoms with Gasteiger partial charge >= 0.3 is 0 Å². The van der Waals surface area contributed by atoms with Gasteiger partial charge in [0.15, 0.2) is 0 Å². The van der Waals surface area contributed by atoms with Crippen LogP contribution in [0.2, 0.25) is 0 Å². The Morgan fingerprint density at radius 3 is 2.29 bits per heavy atom. The number of benzene rings is 3. The van der Waals surface area contributed by atoms with Gasteiger partial charge < -0.3 is 14.4 Å². The van der Waals surface area contributed by atoms with E-state index in [0.29, 0.717) is 0 Å². The van der Waals surface area contributed by atoms with Crippen molar-refractivity contribution in [2.75, 3.05) is 0 Å². The molecule has 0 atom stereocenters. The third kappa shape index (κ3) is 5.73. The molecule has 7 rings (SSSR count). The van der Waals surface area contributed by atoms with Crippen molar-refractivity contribution in [1.29, 1.82) is 0 Å². The zero-order valence-electron chi connectivity index (χ0n) is 23.6. The second-order valence-corrected chi connectivity index (χ2v) is 11.9. The molecule has 0 aliphatic carbocycles. The van der Waals surface area contributed by atoms with Gasteiger partial charge in [0, 0.05) is 43.3 Å². The fraction of sp³-hybridized carbons (Fsp3) is 0.171. The van der Waals surface area contributed by atoms with Crippen molar-refractivity contribution in [2.45, 2.75) is 40.0 Å². The van der Waals surface area contributed by atoms with E-state index >= 15 is 0 Å². The number of thiazole rings is 1. The Kier molecular flexibility index (Phi) is 8.19. The van der Waals surface area contributed by atoms with Crippen molar-refractivity contribution < 1.29 is 24.5 Å². The maximum absolute atomic E-state index is 6.42. The van der Waals surface area contributed by atoms with Gasteiger partial charge in [0.1, 0.15) is 11.1 Å². The second-order valence-electron chi connectivity index (χ2n) is 10.9. The first kappa shape index (κ1) is 28.8. The fourth-order valence-corrected chi connectivity index (χ4v) is 5.56. The molecule has 0 spiro atoms. The van der Waals surface area contributed by atoms with E-state index in [1.54, 1.807) is 17.5 Å². The average Bonchev–Trinajstić information content (AvgIpc) is 3.58. The van der Waals surface area contributed by atoms with Crippen LogP contribution in [0.25, 0.3) is 54.7 Å². The summed E-state index contributed by atoms with van der Waals surface area (Å²) < 4.78 is 7.58. The van der Waals surface area contributed by atoms with Gasteiger partial charge in [-0.25, -0.2) is 4.98 Å². The van der Waals surface area contributed by atoms with Gasteiger partial charge in [-0.3, -0.25) is 0 Å². The predicted octanol–water partition coefficient (Wildman–Crippen LogP) is 9.52. The van der Waals surface area contributed by atoms with Crippen LogP contribution in [0.15, 0.2) is 89.6 Å². The molecule has 4 aromatic heterocycles. The molecule has 41 heavy (non-hydrogen) atoms. The number of aromatic nitrogens is 3. The summed E-state index contributed by atoms with van der Waals surface area (Å²) in [6, 6.07) is 30.6. The number of furan rings is 1. The van der Waals surface area contributed by atoms with Crippen molar-refractivity contribution in [1.82, 2.24) is 15.0 Å². The van der Waals surface area contributed by atoms with Gasteiger partial charge in [-0.1, -0.05) is 61.5 Å². The SMILES string of the molecule is Cc1cnc(-c2[c-]ccc3c2oc2c3ccc3sc(C(C)(C)C)nc32)cc1C.[Ir].[c-]1ccccc1-c1ccccn1. The average molecular weight is 732 g/mol. The number of pyridine rings is 2. The standard InChI is InChI=1S/C24H21N2OS.C11H8N.Ir/c1-13-11-18(25-12-14(13)2)17-8-6-7-15-16-9-10-19-20(22(16)27-21(15)17)26-23(28-19)24(3,4)5;1-2-6-10(7-3-1)11-8-4-5-9-12-11;/h6-7,9-12H,1-5H3;1-6,8-9H;/q2*-1;. The molecule has 0 fully saturated rings. The number of nitrogens with zero attached hydrogens (tertiary/aromatic N) is 3. The smallest absolute Gasteiger partial charge is 0.148 e. The van der Waals surface area contributed by atoms with Gasteiger partial charge in [0.2, 0.25) is 0 Å². The van der Waals surface area contributed by atoms with Gasteiger partial charge in [-0.15, -0.1) is 65.4 Å². The molecule has 0 saturated carbocycles. The van der Waals surface area contributed by atoms with Crippen molar-refractivity contribution in [2.24, 2.45) is 0 Å². The molecule has 3 aromatic carbocycles. The molecule has 207 valence electrons. The monoisotopic (exact) mass is 732 g/mol. The van der Waals surface area contributed by atoms with E-state index in [1.807, 2.05) is 54.7 Å². The summed E-state index contributed by atoms with van der Waals surface area (Å²) in [6.07, 6.45) is 3.70. The van der Waals surface area contributed by atoms with Crippen LogP contribution in [0.1, 0.15) is 36.9 Å². The summed E-state index contributed by atoms with van der Waals surface area (Å²) in [5.74, 6) is 0. The van der Waals surface area contributed by atoms with Crippen molar-refractivity contribution >= 4 is 43.5 Å². The summed E-state index contributed by atoms with van der Waals surface area (Å²) >= 11 is 1.74. The Morgan fingerprint density at radius 1 is 0.780 bits per heavy atom. The predicted molar refractivity (Wildman–Crippen MR) is 166 cm³/mol. The van der Waals surface area contributed by atoms with Gasteiger partial charge in [0.25, 0.3) is 0 Å². The van der Waals surface area contributed by atoms with E-state index in [2.05, 4.69) is 81.0 Å². The quantitative estimate of drug-likeness (QED) is 0.166. The van der Waals surface area contributed by atoms with Gasteiger partial charge in [0.05, 0.1) is 15.3 Å². The van der Waals surface area contributed by atoms with E-state index in [1.165, 1.54) is 11.1 Å². The van der Waals surface area contributed by atoms with E-state index in [-0.39, 0.29) is 25.5 Å². The number of rotatable bonds is 2. The van der Waals surface area contributed by atoms with Crippen LogP contribution in [0.3, 0.4) is 0 Å². The maximum Gasteiger partial charge on any atom is 0.148 e. The van der Waals surface area contributed by atoms with Crippen LogP contribution in [0.5, 0.6) is 0 Å². The Labute approximate surface area is 257 Å². The van der Waals surface area contributed by atoms with Crippen LogP contribution >= 0.6 is 11.3 Å². The molecule has 4 heterocycles. The Balaban J connectivity index is 0.000000218. The molecule has 6 heteroatoms. The van der Waals surface area contributed by atoms with E-state index < -0.39 is 0 Å². The van der Waals surface area contributed by atoms with E-state index in [4.69, 9.17) is 9.40 Å². The first-order valence-electron chi connectivity index (χ1n) is 13.3. The molecular weight excluding hydrogens is 703 g/mol. The summed E-state index contributed by atoms with van der Waals surface area (Å²) in [7, 11) is 0. The Bertz CT molecular complexity index is 1920. The molecule has 7 aromatic rings. The molecule has 1 radical (unpaired) electrons. The molecule has 4 nitrogen and oxygen atoms in total. The van der Waals surface area contributed by atoms with Crippen LogP contribution in [0.4, 0.5) is 0 Å². The minimum atomic E-state index is 0. The third-order valence-electron chi connectivity index (χ3n) is 6.88. The van der Waals surface area contributed by atoms with E-state index in [9.17, 15) is 0 Å². The molecule has 0 saturated heterocycles. The normalized spacial score (nSPS) is 11.3. The fourth-order valence-electron chi connectivity index (χ4n) is 4.54. The largest absolute Gasteiger partial charge is 0.498 e. The first-order valence-corrected chi connectivity index (χ1v) is 14.1. The van der Waals surface area contributed by atoms with Crippen LogP contribution < -0.4 is 0 Å². The minimum absolute atomic E-state index is 0. The third-order valence-corrected chi connectivity index (χ3v) is 8.32. The van der Waals surface area contributed by atoms with Crippen molar-refractivity contribution in [3.63, 3.8) is 0 Å². The van der Waals surface area contributed by atoms with Crippen LogP contribution in [-0.4, -0.2) is 15.0 Å². The summed E-state index contributed by atoms with van der Waals surface area (Å²) in [5.41, 5.74) is 8.83. The summed E-state index contributed by atoms with van der Waals surface area (Å²) in [6.45, 7) is 10.8. The molecule has 0 N–H and O–H groups in total. The number of aryl methyl sites for hydroxylation is 2. The zero-order valence-corrected chi connectivity index (χ0v) is 26.8. The molecule has 0 bridgehead atoms. The summed E-state index contributed by atoms with van der Waals surface area (Å²) in [5, 5.41) is 3.29. The Morgan fingerprint density at radius 2 is 1.59 bits per heavy atom. The second kappa shape index (κ2) is 11.7. The van der Waals surface area contributed by atoms with Crippen molar-refractivity contribution in [3.8, 4) is 22.5 Å². The van der Waals surface area contributed by atoms with Gasteiger partial charge in [-0.05, 0) is 42.9 Å². The number of fused-ring (bicyclic) bond motifs is 5. The molecule has 0 aliphatic rings. The zero-order chi connectivity index (χ0) is 27.9. The maximum atomic E-state index is 6.42. The molecule has 0 amide bonds. The number of hydrogen-bond acceptors (Lipinski definition) is 5. The molecule has 0 unspecified atom stereocenters. The van der Waals surface area contributed by atoms with Crippen LogP contribution in [-0.2, 0) is 25.5 Å². The first-order chi connectivity index (χ1) is 19.3. The molecule has 0 aliphatic heterocycles. The van der Waals surface area contributed by atoms with Crippen LogP contribution in [0, 0.1) is 26.0 Å². The van der Waals surface area contributed by atoms with E-state index in [0.717, 1.165) is 59.7 Å². The minimum Gasteiger partial charge on any atom is -0.498 e. The number of hydrogen-bond donors (Lipinski definition) is 0. The van der Waals surface area contributed by atoms with Crippen molar-refractivity contribution in [3.05, 3.63) is 113 Å².